The molecule has 0 fully saturated rings. The lowest BCUT2D eigenvalue weighted by Gasteiger charge is -2.19. The van der Waals surface area contributed by atoms with E-state index in [9.17, 15) is 9.59 Å². The molecule has 5 heteroatoms. The monoisotopic (exact) mass is 184 g/mol. The highest BCUT2D eigenvalue weighted by Crippen LogP contribution is 2.14. The van der Waals surface area contributed by atoms with E-state index in [-0.39, 0.29) is 11.8 Å². The van der Waals surface area contributed by atoms with Crippen LogP contribution in [0.25, 0.3) is 0 Å². The van der Waals surface area contributed by atoms with Crippen molar-refractivity contribution in [2.24, 2.45) is 11.0 Å². The average Bonchev–Trinajstić information content (AvgIpc) is 2.50. The molecule has 1 atom stereocenters. The van der Waals surface area contributed by atoms with Gasteiger partial charge < -0.3 is 5.11 Å². The van der Waals surface area contributed by atoms with Crippen molar-refractivity contribution in [1.82, 2.24) is 5.01 Å². The Labute approximate surface area is 76.0 Å². The number of hydrazone groups is 1. The van der Waals surface area contributed by atoms with Crippen LogP contribution in [-0.4, -0.2) is 34.2 Å². The number of carboxylic acid groups (broad SMARTS) is 1. The van der Waals surface area contributed by atoms with Crippen molar-refractivity contribution in [3.63, 3.8) is 0 Å². The maximum absolute atomic E-state index is 11.4. The van der Waals surface area contributed by atoms with Crippen LogP contribution in [0.15, 0.2) is 5.10 Å². The van der Waals surface area contributed by atoms with Gasteiger partial charge in [-0.3, -0.25) is 4.79 Å². The molecule has 0 bridgehead atoms. The molecule has 1 amide bonds. The molecule has 1 rings (SSSR count). The Morgan fingerprint density at radius 1 is 1.62 bits per heavy atom. The number of hydrogen-bond donors (Lipinski definition) is 1. The van der Waals surface area contributed by atoms with Crippen molar-refractivity contribution in [2.45, 2.75) is 26.3 Å². The van der Waals surface area contributed by atoms with E-state index in [4.69, 9.17) is 5.11 Å². The van der Waals surface area contributed by atoms with Gasteiger partial charge in [-0.2, -0.15) is 5.10 Å². The number of carbonyl (C=O) groups is 2. The molecule has 1 N–H and O–H groups in total. The number of carbonyl (C=O) groups excluding carboxylic acids is 1. The molecule has 5 nitrogen and oxygen atoms in total. The summed E-state index contributed by atoms with van der Waals surface area (Å²) in [6, 6.07) is -0.810. The van der Waals surface area contributed by atoms with Crippen molar-refractivity contribution < 1.29 is 14.7 Å². The Bertz CT molecular complexity index is 260. The summed E-state index contributed by atoms with van der Waals surface area (Å²) in [5.74, 6) is -1.48. The van der Waals surface area contributed by atoms with E-state index in [1.807, 2.05) is 0 Å². The number of aliphatic carboxylic acids is 1. The van der Waals surface area contributed by atoms with Crippen LogP contribution >= 0.6 is 0 Å². The number of nitrogens with zero attached hydrogens (tertiary/aromatic N) is 2. The first-order valence-electron chi connectivity index (χ1n) is 4.12. The quantitative estimate of drug-likeness (QED) is 0.671. The third-order valence-electron chi connectivity index (χ3n) is 1.83. The van der Waals surface area contributed by atoms with Crippen LogP contribution in [0.5, 0.6) is 0 Å². The molecule has 0 radical (unpaired) electrons. The molecular formula is C8H12N2O3. The fraction of sp³-hybridized carbons (Fsp3) is 0.625. The third-order valence-corrected chi connectivity index (χ3v) is 1.83. The predicted octanol–water partition coefficient (Wildman–Crippen LogP) is 0.314. The van der Waals surface area contributed by atoms with Crippen molar-refractivity contribution in [1.29, 1.82) is 0 Å². The van der Waals surface area contributed by atoms with Crippen LogP contribution in [0.1, 0.15) is 20.3 Å². The van der Waals surface area contributed by atoms with E-state index in [1.165, 1.54) is 6.21 Å². The summed E-state index contributed by atoms with van der Waals surface area (Å²) in [5, 5.41) is 13.5. The second kappa shape index (κ2) is 3.55. The lowest BCUT2D eigenvalue weighted by molar-refractivity contribution is -0.150. The Hall–Kier alpha value is -1.39. The second-order valence-corrected chi connectivity index (χ2v) is 3.23. The summed E-state index contributed by atoms with van der Waals surface area (Å²) in [4.78, 5) is 22.1. The molecule has 0 aromatic rings. The van der Waals surface area contributed by atoms with E-state index in [1.54, 1.807) is 13.8 Å². The molecule has 13 heavy (non-hydrogen) atoms. The minimum atomic E-state index is -1.01. The highest BCUT2D eigenvalue weighted by atomic mass is 16.4. The maximum Gasteiger partial charge on any atom is 0.329 e. The van der Waals surface area contributed by atoms with Crippen LogP contribution in [0.2, 0.25) is 0 Å². The van der Waals surface area contributed by atoms with E-state index < -0.39 is 12.0 Å². The van der Waals surface area contributed by atoms with Crippen LogP contribution in [0.4, 0.5) is 0 Å². The summed E-state index contributed by atoms with van der Waals surface area (Å²) < 4.78 is 0. The molecule has 1 unspecified atom stereocenters. The first-order chi connectivity index (χ1) is 6.04. The number of amides is 1. The number of rotatable bonds is 2. The molecule has 0 aromatic carbocycles. The fourth-order valence-corrected chi connectivity index (χ4v) is 1.10. The molecule has 1 heterocycles. The molecule has 1 aliphatic rings. The molecule has 72 valence electrons. The molecule has 0 aromatic heterocycles. The Kier molecular flexibility index (Phi) is 2.65. The lowest BCUT2D eigenvalue weighted by atomic mass is 10.1. The highest BCUT2D eigenvalue weighted by molar-refractivity contribution is 5.89. The van der Waals surface area contributed by atoms with Gasteiger partial charge in [0.05, 0.1) is 0 Å². The molecule has 0 saturated carbocycles. The first-order valence-corrected chi connectivity index (χ1v) is 4.12. The van der Waals surface area contributed by atoms with Gasteiger partial charge in [-0.15, -0.1) is 0 Å². The van der Waals surface area contributed by atoms with Crippen LogP contribution < -0.4 is 0 Å². The Morgan fingerprint density at radius 3 is 2.69 bits per heavy atom. The van der Waals surface area contributed by atoms with Gasteiger partial charge in [0.1, 0.15) is 0 Å². The van der Waals surface area contributed by atoms with Crippen LogP contribution in [-0.2, 0) is 9.59 Å². The van der Waals surface area contributed by atoms with Gasteiger partial charge in [0.2, 0.25) is 5.91 Å². The highest BCUT2D eigenvalue weighted by Gasteiger charge is 2.33. The zero-order valence-electron chi connectivity index (χ0n) is 7.60. The average molecular weight is 184 g/mol. The minimum absolute atomic E-state index is 0.225. The van der Waals surface area contributed by atoms with Gasteiger partial charge in [0.15, 0.2) is 6.04 Å². The molecular weight excluding hydrogens is 172 g/mol. The second-order valence-electron chi connectivity index (χ2n) is 3.23. The largest absolute Gasteiger partial charge is 0.480 e. The first kappa shape index (κ1) is 9.70. The zero-order chi connectivity index (χ0) is 10.0. The molecule has 0 saturated heterocycles. The third kappa shape index (κ3) is 1.85. The van der Waals surface area contributed by atoms with Gasteiger partial charge >= 0.3 is 5.97 Å². The van der Waals surface area contributed by atoms with E-state index in [0.717, 1.165) is 5.01 Å². The van der Waals surface area contributed by atoms with Gasteiger partial charge in [0.25, 0.3) is 0 Å². The number of carboxylic acids is 1. The Morgan fingerprint density at radius 2 is 2.23 bits per heavy atom. The number of hydrogen-bond acceptors (Lipinski definition) is 3. The standard InChI is InChI=1S/C8H12N2O3/c1-5(2)7(11)10-6(8(12)13)3-4-9-10/h4-6H,3H2,1-2H3,(H,12,13). The van der Waals surface area contributed by atoms with E-state index in [2.05, 4.69) is 5.10 Å². The van der Waals surface area contributed by atoms with Crippen molar-refractivity contribution in [3.05, 3.63) is 0 Å². The predicted molar refractivity (Wildman–Crippen MR) is 46.2 cm³/mol. The lowest BCUT2D eigenvalue weighted by Crippen LogP contribution is -2.40. The van der Waals surface area contributed by atoms with Gasteiger partial charge in [-0.25, -0.2) is 9.80 Å². The molecule has 1 aliphatic heterocycles. The summed E-state index contributed by atoms with van der Waals surface area (Å²) in [7, 11) is 0. The fourth-order valence-electron chi connectivity index (χ4n) is 1.10. The van der Waals surface area contributed by atoms with Gasteiger partial charge in [-0.05, 0) is 0 Å². The van der Waals surface area contributed by atoms with Gasteiger partial charge in [0, 0.05) is 18.6 Å². The van der Waals surface area contributed by atoms with Gasteiger partial charge in [-0.1, -0.05) is 13.8 Å². The van der Waals surface area contributed by atoms with Crippen LogP contribution in [0, 0.1) is 5.92 Å². The molecule has 0 aliphatic carbocycles. The van der Waals surface area contributed by atoms with Crippen molar-refractivity contribution >= 4 is 18.1 Å². The summed E-state index contributed by atoms with van der Waals surface area (Å²) in [5.41, 5.74) is 0. The van der Waals surface area contributed by atoms with Crippen molar-refractivity contribution in [3.8, 4) is 0 Å². The molecule has 0 spiro atoms. The minimum Gasteiger partial charge on any atom is -0.480 e. The summed E-state index contributed by atoms with van der Waals surface area (Å²) in [6.45, 7) is 3.43. The summed E-state index contributed by atoms with van der Waals surface area (Å²) in [6.07, 6.45) is 1.76. The maximum atomic E-state index is 11.4. The van der Waals surface area contributed by atoms with Crippen molar-refractivity contribution in [2.75, 3.05) is 0 Å². The van der Waals surface area contributed by atoms with Crippen LogP contribution in [0.3, 0.4) is 0 Å². The zero-order valence-corrected chi connectivity index (χ0v) is 7.60. The van der Waals surface area contributed by atoms with E-state index in [0.29, 0.717) is 6.42 Å². The SMILES string of the molecule is CC(C)C(=O)N1N=CCC1C(=O)O. The summed E-state index contributed by atoms with van der Waals surface area (Å²) >= 11 is 0. The Balaban J connectivity index is 2.73. The topological polar surface area (TPSA) is 70.0 Å². The van der Waals surface area contributed by atoms with E-state index >= 15 is 0 Å². The smallest absolute Gasteiger partial charge is 0.329 e. The normalized spacial score (nSPS) is 21.2.